The highest BCUT2D eigenvalue weighted by Crippen LogP contribution is 2.35. The molecule has 1 heterocycles. The van der Waals surface area contributed by atoms with Gasteiger partial charge in [0, 0.05) is 25.7 Å². The van der Waals surface area contributed by atoms with Crippen molar-refractivity contribution in [3.63, 3.8) is 0 Å². The largest absolute Gasteiger partial charge is 0.382 e. The van der Waals surface area contributed by atoms with E-state index in [1.165, 1.54) is 0 Å². The van der Waals surface area contributed by atoms with Crippen LogP contribution in [0.3, 0.4) is 0 Å². The Morgan fingerprint density at radius 3 is 0.863 bits per heavy atom. The zero-order valence-electron chi connectivity index (χ0n) is 33.1. The molecule has 1 aliphatic heterocycles. The lowest BCUT2D eigenvalue weighted by atomic mass is 9.80. The van der Waals surface area contributed by atoms with Gasteiger partial charge in [0.15, 0.2) is 0 Å². The van der Waals surface area contributed by atoms with E-state index in [0.29, 0.717) is 164 Å². The summed E-state index contributed by atoms with van der Waals surface area (Å²) in [5.41, 5.74) is 0.166. The molecule has 0 N–H and O–H groups in total. The maximum atomic E-state index is 6.41. The number of likely N-dealkylation sites (tertiary alicyclic amines) is 1. The number of ether oxygens (including phenoxy) is 13. The van der Waals surface area contributed by atoms with E-state index in [1.54, 1.807) is 7.11 Å². The van der Waals surface area contributed by atoms with E-state index in [-0.39, 0.29) is 11.1 Å². The summed E-state index contributed by atoms with van der Waals surface area (Å²) in [7, 11) is 1.65. The number of hydrogen-bond acceptors (Lipinski definition) is 14. The minimum Gasteiger partial charge on any atom is -0.382 e. The van der Waals surface area contributed by atoms with Gasteiger partial charge in [-0.25, -0.2) is 0 Å². The van der Waals surface area contributed by atoms with Gasteiger partial charge in [0.05, 0.1) is 164 Å². The Balaban J connectivity index is 1.71. The lowest BCUT2D eigenvalue weighted by molar-refractivity contribution is -0.133. The van der Waals surface area contributed by atoms with Crippen LogP contribution in [0.1, 0.15) is 47.5 Å². The van der Waals surface area contributed by atoms with Crippen molar-refractivity contribution in [3.8, 4) is 0 Å². The van der Waals surface area contributed by atoms with Crippen molar-refractivity contribution >= 4 is 0 Å². The molecule has 1 rings (SSSR count). The van der Waals surface area contributed by atoms with Crippen LogP contribution in [0, 0.1) is 5.92 Å². The van der Waals surface area contributed by atoms with Gasteiger partial charge in [-0.1, -0.05) is 13.8 Å². The van der Waals surface area contributed by atoms with E-state index in [4.69, 9.17) is 61.6 Å². The first kappa shape index (κ1) is 48.5. The Bertz CT molecular complexity index is 721. The minimum atomic E-state index is -0.0467. The summed E-state index contributed by atoms with van der Waals surface area (Å²) in [5, 5.41) is 0. The molecule has 1 aliphatic rings. The Morgan fingerprint density at radius 1 is 0.412 bits per heavy atom. The third-order valence-corrected chi connectivity index (χ3v) is 8.38. The molecule has 0 aromatic carbocycles. The first-order valence-corrected chi connectivity index (χ1v) is 19.0. The zero-order valence-corrected chi connectivity index (χ0v) is 33.1. The minimum absolute atomic E-state index is 0.0467. The number of hydrogen-bond donors (Lipinski definition) is 0. The van der Waals surface area contributed by atoms with Gasteiger partial charge in [-0.3, -0.25) is 4.90 Å². The molecule has 1 fully saturated rings. The molecule has 0 radical (unpaired) electrons. The van der Waals surface area contributed by atoms with Crippen LogP contribution >= 0.6 is 0 Å². The molecule has 0 atom stereocenters. The molecular formula is C37H75NO13. The van der Waals surface area contributed by atoms with Gasteiger partial charge >= 0.3 is 0 Å². The molecular weight excluding hydrogens is 666 g/mol. The standard InChI is InChI=1S/C37H75NO13/c1-35(2)37(7-9-38(10-8-37)36(3,4)5)51-34-33-50-32-31-49-30-29-48-28-27-47-26-25-46-24-23-45-22-21-44-20-19-43-18-17-42-16-15-41-14-13-40-12-11-39-6/h35H,7-34H2,1-6H3. The van der Waals surface area contributed by atoms with E-state index in [1.807, 2.05) is 0 Å². The van der Waals surface area contributed by atoms with Crippen LogP contribution in [-0.2, 0) is 61.6 Å². The zero-order chi connectivity index (χ0) is 37.1. The molecule has 14 heteroatoms. The van der Waals surface area contributed by atoms with Crippen LogP contribution in [0.15, 0.2) is 0 Å². The quantitative estimate of drug-likeness (QED) is 0.0862. The second-order valence-electron chi connectivity index (χ2n) is 13.5. The summed E-state index contributed by atoms with van der Waals surface area (Å²) in [5.74, 6) is 0.487. The van der Waals surface area contributed by atoms with Crippen molar-refractivity contribution in [1.82, 2.24) is 4.90 Å². The molecule has 0 amide bonds. The fourth-order valence-corrected chi connectivity index (χ4v) is 5.19. The summed E-state index contributed by atoms with van der Waals surface area (Å²) >= 11 is 0. The van der Waals surface area contributed by atoms with Gasteiger partial charge in [0.2, 0.25) is 0 Å². The van der Waals surface area contributed by atoms with Gasteiger partial charge in [-0.05, 0) is 39.5 Å². The molecule has 14 nitrogen and oxygen atoms in total. The predicted octanol–water partition coefficient (Wildman–Crippen LogP) is 3.12. The van der Waals surface area contributed by atoms with E-state index in [0.717, 1.165) is 25.9 Å². The Kier molecular flexibility index (Phi) is 32.3. The van der Waals surface area contributed by atoms with Crippen LogP contribution < -0.4 is 0 Å². The van der Waals surface area contributed by atoms with Crippen molar-refractivity contribution in [3.05, 3.63) is 0 Å². The Hall–Kier alpha value is -0.560. The van der Waals surface area contributed by atoms with Gasteiger partial charge in [0.25, 0.3) is 0 Å². The molecule has 1 saturated heterocycles. The summed E-state index contributed by atoms with van der Waals surface area (Å²) in [6.07, 6.45) is 2.14. The normalized spacial score (nSPS) is 15.4. The van der Waals surface area contributed by atoms with Crippen LogP contribution in [0.4, 0.5) is 0 Å². The highest BCUT2D eigenvalue weighted by atomic mass is 16.6. The topological polar surface area (TPSA) is 123 Å². The highest BCUT2D eigenvalue weighted by Gasteiger charge is 2.40. The summed E-state index contributed by atoms with van der Waals surface area (Å²) in [4.78, 5) is 2.56. The highest BCUT2D eigenvalue weighted by molar-refractivity contribution is 4.93. The first-order valence-electron chi connectivity index (χ1n) is 19.0. The molecule has 0 aromatic heterocycles. The Morgan fingerprint density at radius 2 is 0.647 bits per heavy atom. The molecule has 306 valence electrons. The lowest BCUT2D eigenvalue weighted by Gasteiger charge is -2.48. The van der Waals surface area contributed by atoms with E-state index in [2.05, 4.69) is 39.5 Å². The number of piperidine rings is 1. The Labute approximate surface area is 309 Å². The van der Waals surface area contributed by atoms with Gasteiger partial charge in [0.1, 0.15) is 0 Å². The molecule has 0 bridgehead atoms. The van der Waals surface area contributed by atoms with E-state index >= 15 is 0 Å². The average Bonchev–Trinajstić information content (AvgIpc) is 3.11. The monoisotopic (exact) mass is 742 g/mol. The molecule has 0 saturated carbocycles. The smallest absolute Gasteiger partial charge is 0.0730 e. The van der Waals surface area contributed by atoms with Gasteiger partial charge < -0.3 is 61.6 Å². The SMILES string of the molecule is COCCOCCOCCOCCOCCOCCOCCOCCOCCOCCOCCOCCOC1(C(C)C)CCN(C(C)(C)C)CC1. The van der Waals surface area contributed by atoms with Crippen LogP contribution in [0.5, 0.6) is 0 Å². The summed E-state index contributed by atoms with van der Waals surface area (Å²) in [6, 6.07) is 0. The third kappa shape index (κ3) is 28.5. The molecule has 0 spiro atoms. The van der Waals surface area contributed by atoms with Gasteiger partial charge in [-0.2, -0.15) is 0 Å². The molecule has 51 heavy (non-hydrogen) atoms. The van der Waals surface area contributed by atoms with Crippen molar-refractivity contribution in [1.29, 1.82) is 0 Å². The molecule has 0 aromatic rings. The van der Waals surface area contributed by atoms with Gasteiger partial charge in [-0.15, -0.1) is 0 Å². The maximum Gasteiger partial charge on any atom is 0.0730 e. The fourth-order valence-electron chi connectivity index (χ4n) is 5.19. The van der Waals surface area contributed by atoms with Crippen LogP contribution in [0.25, 0.3) is 0 Å². The van der Waals surface area contributed by atoms with Crippen LogP contribution in [-0.4, -0.2) is 195 Å². The van der Waals surface area contributed by atoms with E-state index < -0.39 is 0 Å². The maximum absolute atomic E-state index is 6.41. The van der Waals surface area contributed by atoms with Crippen molar-refractivity contribution in [2.45, 2.75) is 58.6 Å². The molecule has 0 unspecified atom stereocenters. The summed E-state index contributed by atoms with van der Waals surface area (Å²) < 4.78 is 71.9. The van der Waals surface area contributed by atoms with Crippen molar-refractivity contribution in [2.75, 3.05) is 179 Å². The van der Waals surface area contributed by atoms with Crippen LogP contribution in [0.2, 0.25) is 0 Å². The average molecular weight is 742 g/mol. The van der Waals surface area contributed by atoms with Crippen molar-refractivity contribution < 1.29 is 61.6 Å². The van der Waals surface area contributed by atoms with Crippen molar-refractivity contribution in [2.24, 2.45) is 5.92 Å². The molecule has 0 aliphatic carbocycles. The summed E-state index contributed by atoms with van der Waals surface area (Å²) in [6.45, 7) is 26.5. The first-order chi connectivity index (χ1) is 24.8. The fraction of sp³-hybridized carbons (Fsp3) is 1.00. The predicted molar refractivity (Wildman–Crippen MR) is 195 cm³/mol. The number of methoxy groups -OCH3 is 1. The third-order valence-electron chi connectivity index (χ3n) is 8.38. The lowest BCUT2D eigenvalue weighted by Crippen LogP contribution is -2.54. The second-order valence-corrected chi connectivity index (χ2v) is 13.5. The van der Waals surface area contributed by atoms with E-state index in [9.17, 15) is 0 Å². The second kappa shape index (κ2) is 34.0. The number of rotatable bonds is 38. The number of nitrogens with zero attached hydrogens (tertiary/aromatic N) is 1.